The summed E-state index contributed by atoms with van der Waals surface area (Å²) in [6.07, 6.45) is 4.93. The molecule has 0 saturated carbocycles. The van der Waals surface area contributed by atoms with Gasteiger partial charge in [0.1, 0.15) is 6.26 Å². The number of nitrogens with one attached hydrogen (secondary N) is 1. The minimum absolute atomic E-state index is 0. The lowest BCUT2D eigenvalue weighted by Gasteiger charge is -2.36. The molecule has 1 N–H and O–H groups in total. The number of hydrogen-bond acceptors (Lipinski definition) is 6. The number of thiazole rings is 1. The van der Waals surface area contributed by atoms with Crippen molar-refractivity contribution in [2.45, 2.75) is 39.7 Å². The van der Waals surface area contributed by atoms with Gasteiger partial charge in [-0.25, -0.2) is 4.98 Å². The number of unbranched alkanes of at least 4 members (excludes halogenated alkanes) is 1. The van der Waals surface area contributed by atoms with E-state index < -0.39 is 0 Å². The predicted octanol–water partition coefficient (Wildman–Crippen LogP) is 3.16. The third kappa shape index (κ3) is 7.32. The number of aryl methyl sites for hydroxylation is 2. The lowest BCUT2D eigenvalue weighted by molar-refractivity contribution is 0.169. The molecule has 9 heteroatoms. The van der Waals surface area contributed by atoms with Gasteiger partial charge in [-0.1, -0.05) is 5.16 Å². The van der Waals surface area contributed by atoms with Gasteiger partial charge >= 0.3 is 0 Å². The Hall–Kier alpha value is -1.20. The fraction of sp³-hybridized carbons (Fsp3) is 0.632. The number of hydrogen-bond donors (Lipinski definition) is 1. The van der Waals surface area contributed by atoms with Crippen molar-refractivity contribution >= 4 is 41.3 Å². The number of rotatable bonds is 8. The Morgan fingerprint density at radius 3 is 2.75 bits per heavy atom. The van der Waals surface area contributed by atoms with E-state index in [-0.39, 0.29) is 24.0 Å². The van der Waals surface area contributed by atoms with Crippen LogP contribution >= 0.6 is 35.3 Å². The van der Waals surface area contributed by atoms with E-state index in [0.29, 0.717) is 0 Å². The van der Waals surface area contributed by atoms with Gasteiger partial charge in [0.15, 0.2) is 5.96 Å². The Labute approximate surface area is 188 Å². The third-order valence-electron chi connectivity index (χ3n) is 4.61. The Balaban J connectivity index is 0.00000280. The van der Waals surface area contributed by atoms with E-state index in [0.717, 1.165) is 82.4 Å². The molecule has 1 fully saturated rings. The van der Waals surface area contributed by atoms with Gasteiger partial charge in [0.2, 0.25) is 0 Å². The summed E-state index contributed by atoms with van der Waals surface area (Å²) in [4.78, 5) is 14.1. The van der Waals surface area contributed by atoms with Crippen LogP contribution in [-0.4, -0.2) is 65.2 Å². The van der Waals surface area contributed by atoms with Crippen molar-refractivity contribution in [3.63, 3.8) is 0 Å². The van der Waals surface area contributed by atoms with Gasteiger partial charge in [0, 0.05) is 63.0 Å². The molecule has 1 saturated heterocycles. The summed E-state index contributed by atoms with van der Waals surface area (Å²) in [5, 5.41) is 10.8. The normalized spacial score (nSPS) is 15.5. The van der Waals surface area contributed by atoms with Crippen LogP contribution in [0.3, 0.4) is 0 Å². The van der Waals surface area contributed by atoms with Crippen LogP contribution in [0.5, 0.6) is 0 Å². The van der Waals surface area contributed by atoms with E-state index in [9.17, 15) is 0 Å². The largest absolute Gasteiger partial charge is 0.364 e. The van der Waals surface area contributed by atoms with Crippen molar-refractivity contribution in [3.8, 4) is 0 Å². The van der Waals surface area contributed by atoms with Gasteiger partial charge in [-0.05, 0) is 33.1 Å². The summed E-state index contributed by atoms with van der Waals surface area (Å²) in [5.74, 6) is 1.05. The molecule has 156 valence electrons. The lowest BCUT2D eigenvalue weighted by Crippen LogP contribution is -2.52. The minimum Gasteiger partial charge on any atom is -0.364 e. The summed E-state index contributed by atoms with van der Waals surface area (Å²) in [6, 6.07) is 1.94. The Morgan fingerprint density at radius 1 is 1.29 bits per heavy atom. The van der Waals surface area contributed by atoms with Crippen LogP contribution in [-0.2, 0) is 13.0 Å². The number of aromatic nitrogens is 2. The highest BCUT2D eigenvalue weighted by atomic mass is 127. The molecule has 0 amide bonds. The highest BCUT2D eigenvalue weighted by Crippen LogP contribution is 2.12. The molecule has 0 atom stereocenters. The van der Waals surface area contributed by atoms with Crippen LogP contribution in [0.15, 0.2) is 27.2 Å². The third-order valence-corrected chi connectivity index (χ3v) is 5.64. The first kappa shape index (κ1) is 23.1. The molecule has 3 rings (SSSR count). The average Bonchev–Trinajstić information content (AvgIpc) is 3.33. The van der Waals surface area contributed by atoms with Crippen LogP contribution in [0.4, 0.5) is 0 Å². The zero-order chi connectivity index (χ0) is 18.9. The van der Waals surface area contributed by atoms with E-state index in [1.807, 2.05) is 6.07 Å². The summed E-state index contributed by atoms with van der Waals surface area (Å²) < 4.78 is 4.92. The maximum Gasteiger partial charge on any atom is 0.194 e. The quantitative estimate of drug-likeness (QED) is 0.251. The smallest absolute Gasteiger partial charge is 0.194 e. The maximum atomic E-state index is 4.92. The van der Waals surface area contributed by atoms with E-state index >= 15 is 0 Å². The first-order valence-electron chi connectivity index (χ1n) is 9.80. The van der Waals surface area contributed by atoms with Crippen molar-refractivity contribution in [1.82, 2.24) is 25.3 Å². The first-order chi connectivity index (χ1) is 13.2. The highest BCUT2D eigenvalue weighted by Gasteiger charge is 2.20. The molecule has 7 nitrogen and oxygen atoms in total. The van der Waals surface area contributed by atoms with Crippen LogP contribution in [0.1, 0.15) is 36.2 Å². The molecule has 0 unspecified atom stereocenters. The van der Waals surface area contributed by atoms with Crippen molar-refractivity contribution in [3.05, 3.63) is 34.1 Å². The van der Waals surface area contributed by atoms with Crippen LogP contribution < -0.4 is 5.32 Å². The maximum absolute atomic E-state index is 4.92. The van der Waals surface area contributed by atoms with Crippen LogP contribution in [0.25, 0.3) is 0 Å². The van der Waals surface area contributed by atoms with Gasteiger partial charge in [-0.3, -0.25) is 9.89 Å². The highest BCUT2D eigenvalue weighted by molar-refractivity contribution is 14.0. The molecule has 3 heterocycles. The summed E-state index contributed by atoms with van der Waals surface area (Å²) in [7, 11) is 0. The Bertz CT molecular complexity index is 697. The zero-order valence-electron chi connectivity index (χ0n) is 16.8. The first-order valence-corrected chi connectivity index (χ1v) is 10.7. The molecule has 0 bridgehead atoms. The average molecular weight is 518 g/mol. The molecule has 1 aliphatic heterocycles. The molecule has 0 aliphatic carbocycles. The number of nitrogens with zero attached hydrogens (tertiary/aromatic N) is 5. The summed E-state index contributed by atoms with van der Waals surface area (Å²) in [5.41, 5.74) is 2.13. The number of halogens is 1. The molecule has 0 aromatic carbocycles. The second-order valence-corrected chi connectivity index (χ2v) is 7.77. The molecular formula is C19H31IN6OS. The summed E-state index contributed by atoms with van der Waals surface area (Å²) >= 11 is 1.76. The molecule has 0 spiro atoms. The number of aliphatic imine (C=N–C) groups is 1. The minimum atomic E-state index is 0. The van der Waals surface area contributed by atoms with Crippen molar-refractivity contribution in [2.24, 2.45) is 4.99 Å². The fourth-order valence-electron chi connectivity index (χ4n) is 3.18. The molecule has 1 aliphatic rings. The van der Waals surface area contributed by atoms with Crippen molar-refractivity contribution < 1.29 is 4.52 Å². The van der Waals surface area contributed by atoms with Crippen molar-refractivity contribution in [1.29, 1.82) is 0 Å². The van der Waals surface area contributed by atoms with Crippen LogP contribution in [0, 0.1) is 6.92 Å². The van der Waals surface area contributed by atoms with Gasteiger partial charge in [-0.2, -0.15) is 0 Å². The van der Waals surface area contributed by atoms with E-state index in [1.54, 1.807) is 17.6 Å². The predicted molar refractivity (Wildman–Crippen MR) is 125 cm³/mol. The monoisotopic (exact) mass is 518 g/mol. The molecule has 2 aromatic rings. The molecule has 0 radical (unpaired) electrons. The van der Waals surface area contributed by atoms with Gasteiger partial charge in [0.05, 0.1) is 10.7 Å². The van der Waals surface area contributed by atoms with E-state index in [2.05, 4.69) is 44.5 Å². The second-order valence-electron chi connectivity index (χ2n) is 6.83. The van der Waals surface area contributed by atoms with Crippen LogP contribution in [0.2, 0.25) is 0 Å². The summed E-state index contributed by atoms with van der Waals surface area (Å²) in [6.45, 7) is 10.8. The van der Waals surface area contributed by atoms with Gasteiger partial charge in [0.25, 0.3) is 0 Å². The number of guanidine groups is 1. The topological polar surface area (TPSA) is 69.8 Å². The van der Waals surface area contributed by atoms with Gasteiger partial charge in [-0.15, -0.1) is 35.3 Å². The van der Waals surface area contributed by atoms with E-state index in [1.165, 1.54) is 5.01 Å². The lowest BCUT2D eigenvalue weighted by atomic mass is 10.2. The Kier molecular flexibility index (Phi) is 10.2. The standard InChI is InChI=1S/C19H30N6OS.HI/c1-3-20-19(21-8-5-4-6-18-22-16(2)15-27-18)25-11-9-24(10-12-25)14-17-7-13-26-23-17;/h7,13,15H,3-6,8-12,14H2,1-2H3,(H,20,21);1H. The van der Waals surface area contributed by atoms with Crippen molar-refractivity contribution in [2.75, 3.05) is 39.3 Å². The molecule has 28 heavy (non-hydrogen) atoms. The SMILES string of the molecule is CCNC(=NCCCCc1nc(C)cs1)N1CCN(Cc2ccon2)CC1.I. The Morgan fingerprint density at radius 2 is 2.11 bits per heavy atom. The molecule has 2 aromatic heterocycles. The fourth-order valence-corrected chi connectivity index (χ4v) is 4.00. The van der Waals surface area contributed by atoms with E-state index in [4.69, 9.17) is 9.52 Å². The number of piperazine rings is 1. The zero-order valence-corrected chi connectivity index (χ0v) is 19.9. The molecular weight excluding hydrogens is 487 g/mol. The second kappa shape index (κ2) is 12.4. The van der Waals surface area contributed by atoms with Gasteiger partial charge < -0.3 is 14.7 Å².